The molecule has 0 bridgehead atoms. The summed E-state index contributed by atoms with van der Waals surface area (Å²) in [4.78, 5) is 10.3. The molecule has 9 rings (SSSR count). The van der Waals surface area contributed by atoms with Gasteiger partial charge in [0.05, 0.1) is 5.41 Å². The maximum absolute atomic E-state index is 5.21. The van der Waals surface area contributed by atoms with Gasteiger partial charge in [0.25, 0.3) is 0 Å². The van der Waals surface area contributed by atoms with E-state index < -0.39 is 0 Å². The Morgan fingerprint density at radius 1 is 0.628 bits per heavy atom. The first-order valence-electron chi connectivity index (χ1n) is 15.1. The molecular weight excluding hydrogens is 522 g/mol. The number of hydrogen-bond donors (Lipinski definition) is 1. The molecular formula is C40H29N3. The minimum absolute atomic E-state index is 0.230. The Morgan fingerprint density at radius 2 is 1.30 bits per heavy atom. The fraction of sp³-hybridized carbons (Fsp3) is 0.100. The highest BCUT2D eigenvalue weighted by atomic mass is 15.2. The fourth-order valence-corrected chi connectivity index (χ4v) is 7.64. The molecule has 204 valence electrons. The van der Waals surface area contributed by atoms with Crippen molar-refractivity contribution in [2.24, 2.45) is 9.98 Å². The lowest BCUT2D eigenvalue weighted by Gasteiger charge is -2.32. The Morgan fingerprint density at radius 3 is 2.12 bits per heavy atom. The number of nitrogens with zero attached hydrogens (tertiary/aromatic N) is 2. The van der Waals surface area contributed by atoms with Crippen LogP contribution in [-0.2, 0) is 5.41 Å². The molecule has 4 aliphatic rings. The van der Waals surface area contributed by atoms with Crippen molar-refractivity contribution in [3.05, 3.63) is 184 Å². The molecule has 1 aliphatic heterocycles. The minimum Gasteiger partial charge on any atom is -0.344 e. The van der Waals surface area contributed by atoms with E-state index in [4.69, 9.17) is 9.98 Å². The van der Waals surface area contributed by atoms with Crippen LogP contribution in [0.4, 0.5) is 0 Å². The van der Waals surface area contributed by atoms with E-state index in [0.717, 1.165) is 41.2 Å². The number of hydrogen-bond acceptors (Lipinski definition) is 3. The van der Waals surface area contributed by atoms with Crippen molar-refractivity contribution in [3.8, 4) is 11.1 Å². The third kappa shape index (κ3) is 3.48. The smallest absolute Gasteiger partial charge is 0.159 e. The van der Waals surface area contributed by atoms with Gasteiger partial charge in [0.15, 0.2) is 5.84 Å². The van der Waals surface area contributed by atoms with Gasteiger partial charge in [0.1, 0.15) is 12.0 Å². The number of rotatable bonds is 3. The summed E-state index contributed by atoms with van der Waals surface area (Å²) in [6.45, 7) is 0. The molecule has 0 saturated carbocycles. The Bertz CT molecular complexity index is 2050. The molecule has 0 aromatic heterocycles. The Kier molecular flexibility index (Phi) is 5.30. The number of benzene rings is 5. The van der Waals surface area contributed by atoms with Crippen LogP contribution in [0, 0.1) is 0 Å². The van der Waals surface area contributed by atoms with Crippen LogP contribution in [-0.4, -0.2) is 11.7 Å². The van der Waals surface area contributed by atoms with Gasteiger partial charge in [0.2, 0.25) is 0 Å². The van der Waals surface area contributed by atoms with Gasteiger partial charge in [-0.3, -0.25) is 0 Å². The highest BCUT2D eigenvalue weighted by Gasteiger charge is 2.52. The third-order valence-corrected chi connectivity index (χ3v) is 9.44. The SMILES string of the molecule is C1=CC2=C(CC1)c1ccccc1C21c2ccccc2-c2ccc(C3=NC(c4ccccc4)NC(c4ccccc4)=N3)cc21. The topological polar surface area (TPSA) is 36.8 Å². The van der Waals surface area contributed by atoms with E-state index in [1.807, 2.05) is 12.1 Å². The normalized spacial score (nSPS) is 21.0. The van der Waals surface area contributed by atoms with Crippen molar-refractivity contribution in [2.45, 2.75) is 24.4 Å². The van der Waals surface area contributed by atoms with Gasteiger partial charge >= 0.3 is 0 Å². The lowest BCUT2D eigenvalue weighted by Crippen LogP contribution is -2.33. The van der Waals surface area contributed by atoms with E-state index >= 15 is 0 Å². The van der Waals surface area contributed by atoms with E-state index in [9.17, 15) is 0 Å². The van der Waals surface area contributed by atoms with Gasteiger partial charge in [0, 0.05) is 11.1 Å². The fourth-order valence-electron chi connectivity index (χ4n) is 7.64. The molecule has 43 heavy (non-hydrogen) atoms. The lowest BCUT2D eigenvalue weighted by molar-refractivity contribution is 0.674. The molecule has 1 N–H and O–H groups in total. The van der Waals surface area contributed by atoms with Crippen LogP contribution in [0.5, 0.6) is 0 Å². The first-order chi connectivity index (χ1) is 21.3. The van der Waals surface area contributed by atoms with Crippen LogP contribution >= 0.6 is 0 Å². The molecule has 5 aromatic rings. The number of amidine groups is 2. The Labute approximate surface area is 251 Å². The maximum atomic E-state index is 5.21. The Hall–Kier alpha value is -5.28. The summed E-state index contributed by atoms with van der Waals surface area (Å²) in [7, 11) is 0. The molecule has 2 unspecified atom stereocenters. The first-order valence-corrected chi connectivity index (χ1v) is 15.1. The molecule has 0 radical (unpaired) electrons. The highest BCUT2D eigenvalue weighted by molar-refractivity contribution is 6.13. The average molecular weight is 552 g/mol. The molecule has 3 nitrogen and oxygen atoms in total. The van der Waals surface area contributed by atoms with E-state index in [2.05, 4.69) is 133 Å². The van der Waals surface area contributed by atoms with E-state index in [0.29, 0.717) is 0 Å². The van der Waals surface area contributed by atoms with Gasteiger partial charge in [-0.2, -0.15) is 0 Å². The van der Waals surface area contributed by atoms with Gasteiger partial charge in [-0.25, -0.2) is 9.98 Å². The van der Waals surface area contributed by atoms with Gasteiger partial charge in [-0.05, 0) is 69.0 Å². The molecule has 3 heteroatoms. The van der Waals surface area contributed by atoms with Crippen LogP contribution in [0.1, 0.15) is 58.0 Å². The second-order valence-electron chi connectivity index (χ2n) is 11.7. The standard InChI is InChI=1S/C40H29N3/c1-3-13-26(14-4-1)37-41-38(27-15-5-2-6-16-27)43-39(42-37)28-23-24-32-31-19-9-12-22-35(31)40(36(32)25-28)33-20-10-7-17-29(33)30-18-8-11-21-34(30)40/h1-7,9-17,19-25,37H,8,18H2,(H,41,42,43). The zero-order valence-electron chi connectivity index (χ0n) is 23.7. The second-order valence-corrected chi connectivity index (χ2v) is 11.7. The van der Waals surface area contributed by atoms with E-state index in [-0.39, 0.29) is 11.6 Å². The predicted octanol–water partition coefficient (Wildman–Crippen LogP) is 8.61. The van der Waals surface area contributed by atoms with Gasteiger partial charge < -0.3 is 5.32 Å². The van der Waals surface area contributed by atoms with Crippen LogP contribution in [0.2, 0.25) is 0 Å². The summed E-state index contributed by atoms with van der Waals surface area (Å²) in [5, 5.41) is 3.60. The zero-order valence-corrected chi connectivity index (χ0v) is 23.7. The average Bonchev–Trinajstić information content (AvgIpc) is 3.56. The number of nitrogens with one attached hydrogen (secondary N) is 1. The van der Waals surface area contributed by atoms with Gasteiger partial charge in [-0.1, -0.05) is 133 Å². The minimum atomic E-state index is -0.344. The van der Waals surface area contributed by atoms with Crippen molar-refractivity contribution in [3.63, 3.8) is 0 Å². The molecule has 5 aromatic carbocycles. The summed E-state index contributed by atoms with van der Waals surface area (Å²) in [6.07, 6.45) is 6.68. The summed E-state index contributed by atoms with van der Waals surface area (Å²) < 4.78 is 0. The second kappa shape index (κ2) is 9.37. The van der Waals surface area contributed by atoms with Gasteiger partial charge in [-0.15, -0.1) is 0 Å². The summed E-state index contributed by atoms with van der Waals surface area (Å²) in [6, 6.07) is 45.7. The third-order valence-electron chi connectivity index (χ3n) is 9.44. The van der Waals surface area contributed by atoms with E-state index in [1.165, 1.54) is 44.5 Å². The van der Waals surface area contributed by atoms with E-state index in [1.54, 1.807) is 0 Å². The van der Waals surface area contributed by atoms with Crippen molar-refractivity contribution in [1.82, 2.24) is 5.32 Å². The summed E-state index contributed by atoms with van der Waals surface area (Å²) in [5.74, 6) is 1.59. The number of fused-ring (bicyclic) bond motifs is 9. The molecule has 0 fully saturated rings. The lowest BCUT2D eigenvalue weighted by atomic mass is 9.69. The van der Waals surface area contributed by atoms with Crippen molar-refractivity contribution in [2.75, 3.05) is 0 Å². The van der Waals surface area contributed by atoms with Crippen LogP contribution < -0.4 is 5.32 Å². The monoisotopic (exact) mass is 551 g/mol. The van der Waals surface area contributed by atoms with Crippen molar-refractivity contribution < 1.29 is 0 Å². The molecule has 1 spiro atoms. The van der Waals surface area contributed by atoms with Crippen molar-refractivity contribution >= 4 is 17.2 Å². The summed E-state index contributed by atoms with van der Waals surface area (Å²) >= 11 is 0. The number of allylic oxidation sites excluding steroid dienone is 4. The maximum Gasteiger partial charge on any atom is 0.159 e. The first kappa shape index (κ1) is 24.3. The quantitative estimate of drug-likeness (QED) is 0.239. The predicted molar refractivity (Wildman–Crippen MR) is 175 cm³/mol. The molecule has 1 heterocycles. The molecule has 0 saturated heterocycles. The largest absolute Gasteiger partial charge is 0.344 e. The highest BCUT2D eigenvalue weighted by Crippen LogP contribution is 2.63. The number of aliphatic imine (C=N–C) groups is 2. The molecule has 0 amide bonds. The summed E-state index contributed by atoms with van der Waals surface area (Å²) in [5.41, 5.74) is 13.8. The van der Waals surface area contributed by atoms with Crippen LogP contribution in [0.15, 0.2) is 155 Å². The van der Waals surface area contributed by atoms with Crippen molar-refractivity contribution in [1.29, 1.82) is 0 Å². The zero-order chi connectivity index (χ0) is 28.4. The molecule has 3 aliphatic carbocycles. The van der Waals surface area contributed by atoms with Crippen LogP contribution in [0.25, 0.3) is 16.7 Å². The molecule has 2 atom stereocenters. The van der Waals surface area contributed by atoms with Crippen LogP contribution in [0.3, 0.4) is 0 Å². The Balaban J connectivity index is 1.28.